The first-order valence-electron chi connectivity index (χ1n) is 9.31. The van der Waals surface area contributed by atoms with E-state index < -0.39 is 0 Å². The van der Waals surface area contributed by atoms with Crippen LogP contribution in [-0.4, -0.2) is 21.9 Å². The average Bonchev–Trinajstić information content (AvgIpc) is 2.75. The van der Waals surface area contributed by atoms with Gasteiger partial charge in [0.25, 0.3) is 5.56 Å². The summed E-state index contributed by atoms with van der Waals surface area (Å²) in [7, 11) is 0. The summed E-state index contributed by atoms with van der Waals surface area (Å²) >= 11 is 7.67. The molecule has 0 unspecified atom stereocenters. The first kappa shape index (κ1) is 19.6. The van der Waals surface area contributed by atoms with E-state index in [1.807, 2.05) is 78.9 Å². The maximum Gasteiger partial charge on any atom is 0.266 e. The number of thioether (sulfide) groups is 1. The summed E-state index contributed by atoms with van der Waals surface area (Å²) < 4.78 is 7.43. The van der Waals surface area contributed by atoms with Crippen molar-refractivity contribution in [2.45, 2.75) is 11.6 Å². The number of benzene rings is 3. The number of nitrogens with zero attached hydrogens (tertiary/aromatic N) is 2. The van der Waals surface area contributed by atoms with Gasteiger partial charge in [0.2, 0.25) is 0 Å². The summed E-state index contributed by atoms with van der Waals surface area (Å²) in [5, 5.41) is 1.90. The molecule has 0 fully saturated rings. The van der Waals surface area contributed by atoms with E-state index in [1.54, 1.807) is 16.3 Å². The van der Waals surface area contributed by atoms with Gasteiger partial charge in [-0.15, -0.1) is 0 Å². The van der Waals surface area contributed by atoms with Gasteiger partial charge in [-0.2, -0.15) is 0 Å². The van der Waals surface area contributed by atoms with Gasteiger partial charge in [0.05, 0.1) is 28.2 Å². The van der Waals surface area contributed by atoms with Crippen molar-refractivity contribution in [3.63, 3.8) is 0 Å². The molecular weight excluding hydrogens is 404 g/mol. The quantitative estimate of drug-likeness (QED) is 0.221. The Morgan fingerprint density at radius 2 is 1.66 bits per heavy atom. The predicted molar refractivity (Wildman–Crippen MR) is 120 cm³/mol. The molecule has 29 heavy (non-hydrogen) atoms. The molecule has 146 valence electrons. The lowest BCUT2D eigenvalue weighted by molar-refractivity contribution is 0.319. The standard InChI is InChI=1S/C23H19ClN2O2S/c24-19-12-5-7-14-21(19)28-15-8-16-29-23-25-20-13-6-4-11-18(20)22(27)26(23)17-9-2-1-3-10-17/h1-7,9-14H,8,15-16H2. The van der Waals surface area contributed by atoms with Gasteiger partial charge < -0.3 is 4.74 Å². The van der Waals surface area contributed by atoms with E-state index in [4.69, 9.17) is 21.3 Å². The molecule has 1 heterocycles. The van der Waals surface area contributed by atoms with Crippen LogP contribution in [0.3, 0.4) is 0 Å². The molecule has 0 aliphatic rings. The molecule has 4 nitrogen and oxygen atoms in total. The third-order valence-electron chi connectivity index (χ3n) is 4.37. The molecule has 0 atom stereocenters. The summed E-state index contributed by atoms with van der Waals surface area (Å²) in [6, 6.07) is 24.5. The minimum Gasteiger partial charge on any atom is -0.492 e. The lowest BCUT2D eigenvalue weighted by Gasteiger charge is -2.13. The summed E-state index contributed by atoms with van der Waals surface area (Å²) in [4.78, 5) is 17.9. The van der Waals surface area contributed by atoms with E-state index >= 15 is 0 Å². The minimum atomic E-state index is -0.0587. The molecule has 0 aliphatic heterocycles. The fourth-order valence-electron chi connectivity index (χ4n) is 2.98. The number of fused-ring (bicyclic) bond motifs is 1. The number of ether oxygens (including phenoxy) is 1. The molecule has 0 N–H and O–H groups in total. The molecule has 6 heteroatoms. The number of aromatic nitrogens is 2. The zero-order chi connectivity index (χ0) is 20.1. The van der Waals surface area contributed by atoms with Crippen molar-refractivity contribution in [3.05, 3.63) is 94.2 Å². The van der Waals surface area contributed by atoms with Gasteiger partial charge in [0.1, 0.15) is 5.75 Å². The third-order valence-corrected chi connectivity index (χ3v) is 5.71. The lowest BCUT2D eigenvalue weighted by atomic mass is 10.2. The van der Waals surface area contributed by atoms with E-state index in [2.05, 4.69) is 0 Å². The highest BCUT2D eigenvalue weighted by Crippen LogP contribution is 2.24. The molecule has 0 spiro atoms. The van der Waals surface area contributed by atoms with Crippen LogP contribution in [0.25, 0.3) is 16.6 Å². The number of rotatable bonds is 7. The Morgan fingerprint density at radius 3 is 2.48 bits per heavy atom. The second kappa shape index (κ2) is 9.16. The number of hydrogen-bond donors (Lipinski definition) is 0. The van der Waals surface area contributed by atoms with Gasteiger partial charge >= 0.3 is 0 Å². The Hall–Kier alpha value is -2.76. The van der Waals surface area contributed by atoms with Crippen molar-refractivity contribution in [2.24, 2.45) is 0 Å². The van der Waals surface area contributed by atoms with Gasteiger partial charge in [0, 0.05) is 5.75 Å². The second-order valence-electron chi connectivity index (χ2n) is 6.37. The molecule has 0 aliphatic carbocycles. The van der Waals surface area contributed by atoms with Gasteiger partial charge in [-0.3, -0.25) is 9.36 Å². The maximum atomic E-state index is 13.1. The van der Waals surface area contributed by atoms with Crippen LogP contribution in [-0.2, 0) is 0 Å². The van der Waals surface area contributed by atoms with Crippen molar-refractivity contribution in [1.82, 2.24) is 9.55 Å². The summed E-state index contributed by atoms with van der Waals surface area (Å²) in [6.07, 6.45) is 0.799. The van der Waals surface area contributed by atoms with Crippen molar-refractivity contribution in [2.75, 3.05) is 12.4 Å². The fraction of sp³-hybridized carbons (Fsp3) is 0.130. The van der Waals surface area contributed by atoms with E-state index in [9.17, 15) is 4.79 Å². The number of halogens is 1. The third kappa shape index (κ3) is 4.47. The minimum absolute atomic E-state index is 0.0587. The Morgan fingerprint density at radius 1 is 0.931 bits per heavy atom. The SMILES string of the molecule is O=c1c2ccccc2nc(SCCCOc2ccccc2Cl)n1-c1ccccc1. The van der Waals surface area contributed by atoms with Crippen molar-refractivity contribution >= 4 is 34.3 Å². The van der Waals surface area contributed by atoms with Crippen LogP contribution < -0.4 is 10.3 Å². The summed E-state index contributed by atoms with van der Waals surface area (Å²) in [5.41, 5.74) is 1.46. The fourth-order valence-corrected chi connectivity index (χ4v) is 4.10. The molecule has 1 aromatic heterocycles. The molecule has 0 amide bonds. The predicted octanol–water partition coefficient (Wildman–Crippen LogP) is 5.60. The zero-order valence-electron chi connectivity index (χ0n) is 15.6. The van der Waals surface area contributed by atoms with Gasteiger partial charge in [-0.25, -0.2) is 4.98 Å². The zero-order valence-corrected chi connectivity index (χ0v) is 17.2. The molecule has 4 rings (SSSR count). The smallest absolute Gasteiger partial charge is 0.266 e. The molecule has 0 saturated carbocycles. The summed E-state index contributed by atoms with van der Waals surface area (Å²) in [5.74, 6) is 1.45. The molecule has 0 radical (unpaired) electrons. The Labute approximate surface area is 178 Å². The van der Waals surface area contributed by atoms with Gasteiger partial charge in [-0.05, 0) is 42.8 Å². The molecule has 0 saturated heterocycles. The van der Waals surface area contributed by atoms with Crippen molar-refractivity contribution in [1.29, 1.82) is 0 Å². The monoisotopic (exact) mass is 422 g/mol. The first-order chi connectivity index (χ1) is 14.2. The van der Waals surface area contributed by atoms with Crippen molar-refractivity contribution < 1.29 is 4.74 Å². The van der Waals surface area contributed by atoms with Crippen LogP contribution in [0.5, 0.6) is 5.75 Å². The van der Waals surface area contributed by atoms with Crippen LogP contribution in [0.15, 0.2) is 88.8 Å². The largest absolute Gasteiger partial charge is 0.492 e. The number of para-hydroxylation sites is 3. The molecule has 4 aromatic rings. The molecule has 3 aromatic carbocycles. The Bertz CT molecular complexity index is 1180. The van der Waals surface area contributed by atoms with E-state index in [-0.39, 0.29) is 5.56 Å². The Balaban J connectivity index is 1.53. The molecular formula is C23H19ClN2O2S. The topological polar surface area (TPSA) is 44.1 Å². The average molecular weight is 423 g/mol. The van der Waals surface area contributed by atoms with Crippen LogP contribution >= 0.6 is 23.4 Å². The van der Waals surface area contributed by atoms with Crippen LogP contribution in [0.1, 0.15) is 6.42 Å². The highest BCUT2D eigenvalue weighted by atomic mass is 35.5. The van der Waals surface area contributed by atoms with Gasteiger partial charge in [-0.1, -0.05) is 65.8 Å². The summed E-state index contributed by atoms with van der Waals surface area (Å²) in [6.45, 7) is 0.542. The Kier molecular flexibility index (Phi) is 6.17. The van der Waals surface area contributed by atoms with E-state index in [0.717, 1.165) is 17.9 Å². The normalized spacial score (nSPS) is 10.9. The highest BCUT2D eigenvalue weighted by Gasteiger charge is 2.13. The van der Waals surface area contributed by atoms with E-state index in [1.165, 1.54) is 0 Å². The van der Waals surface area contributed by atoms with E-state index in [0.29, 0.717) is 33.4 Å². The highest BCUT2D eigenvalue weighted by molar-refractivity contribution is 7.99. The van der Waals surface area contributed by atoms with Crippen LogP contribution in [0.4, 0.5) is 0 Å². The molecule has 0 bridgehead atoms. The lowest BCUT2D eigenvalue weighted by Crippen LogP contribution is -2.21. The number of hydrogen-bond acceptors (Lipinski definition) is 4. The van der Waals surface area contributed by atoms with Gasteiger partial charge in [0.15, 0.2) is 5.16 Å². The van der Waals surface area contributed by atoms with Crippen LogP contribution in [0.2, 0.25) is 5.02 Å². The second-order valence-corrected chi connectivity index (χ2v) is 7.84. The maximum absolute atomic E-state index is 13.1. The van der Waals surface area contributed by atoms with Crippen LogP contribution in [0, 0.1) is 0 Å². The first-order valence-corrected chi connectivity index (χ1v) is 10.7. The van der Waals surface area contributed by atoms with Crippen molar-refractivity contribution in [3.8, 4) is 11.4 Å².